The number of carbonyl (C=O) groups excluding carboxylic acids is 1. The number of ether oxygens (including phenoxy) is 3. The van der Waals surface area contributed by atoms with Gasteiger partial charge in [-0.2, -0.15) is 18.3 Å². The standard InChI is InChI=1S/C26H29BrClF3N4O4/c1-14-13-34(21-10-23(37-3)32-12-18(21)28)8-7-22(14)39-16-5-6-19(17(27)9-16)35-20(11-24(36)38-4)15(2)25(33-35)26(29,30)31/h5-6,9-10,12,14-15,20,22H,7-8,11,13H2,1-4H3/t14-,15+,20+,22-/m1/s1. The number of nitrogens with zero attached hydrogens (tertiary/aromatic N) is 4. The van der Waals surface area contributed by atoms with Gasteiger partial charge < -0.3 is 19.1 Å². The maximum absolute atomic E-state index is 13.6. The molecule has 0 unspecified atom stereocenters. The van der Waals surface area contributed by atoms with Gasteiger partial charge in [-0.25, -0.2) is 4.98 Å². The van der Waals surface area contributed by atoms with Crippen LogP contribution < -0.4 is 19.4 Å². The summed E-state index contributed by atoms with van der Waals surface area (Å²) >= 11 is 9.85. The predicted molar refractivity (Wildman–Crippen MR) is 146 cm³/mol. The van der Waals surface area contributed by atoms with E-state index in [0.717, 1.165) is 12.1 Å². The molecule has 0 N–H and O–H groups in total. The Bertz CT molecular complexity index is 1250. The third-order valence-electron chi connectivity index (χ3n) is 7.07. The van der Waals surface area contributed by atoms with E-state index < -0.39 is 29.8 Å². The predicted octanol–water partition coefficient (Wildman–Crippen LogP) is 6.11. The fourth-order valence-corrected chi connectivity index (χ4v) is 5.71. The minimum absolute atomic E-state index is 0.0877. The number of esters is 1. The van der Waals surface area contributed by atoms with Crippen LogP contribution in [-0.4, -0.2) is 62.3 Å². The summed E-state index contributed by atoms with van der Waals surface area (Å²) in [4.78, 5) is 18.3. The molecule has 212 valence electrons. The van der Waals surface area contributed by atoms with Crippen LogP contribution in [0, 0.1) is 11.8 Å². The van der Waals surface area contributed by atoms with Crippen molar-refractivity contribution in [3.63, 3.8) is 0 Å². The van der Waals surface area contributed by atoms with Gasteiger partial charge in [-0.1, -0.05) is 25.4 Å². The van der Waals surface area contributed by atoms with Gasteiger partial charge in [0.05, 0.1) is 49.3 Å². The van der Waals surface area contributed by atoms with Crippen molar-refractivity contribution in [2.45, 2.75) is 45.0 Å². The molecule has 8 nitrogen and oxygen atoms in total. The van der Waals surface area contributed by atoms with Crippen molar-refractivity contribution in [3.05, 3.63) is 40.0 Å². The minimum Gasteiger partial charge on any atom is -0.490 e. The molecule has 0 amide bonds. The molecule has 2 aliphatic heterocycles. The molecule has 2 aliphatic rings. The summed E-state index contributed by atoms with van der Waals surface area (Å²) in [5.74, 6) is -0.435. The fourth-order valence-electron chi connectivity index (χ4n) is 4.94. The van der Waals surface area contributed by atoms with Gasteiger partial charge in [0.1, 0.15) is 17.6 Å². The Labute approximate surface area is 238 Å². The number of hydrogen-bond acceptors (Lipinski definition) is 8. The van der Waals surface area contributed by atoms with E-state index in [1.54, 1.807) is 31.5 Å². The first-order valence-corrected chi connectivity index (χ1v) is 13.5. The smallest absolute Gasteiger partial charge is 0.431 e. The second kappa shape index (κ2) is 11.8. The number of halogens is 5. The molecule has 39 heavy (non-hydrogen) atoms. The van der Waals surface area contributed by atoms with E-state index in [2.05, 4.69) is 37.8 Å². The van der Waals surface area contributed by atoms with Crippen molar-refractivity contribution in [3.8, 4) is 11.6 Å². The van der Waals surface area contributed by atoms with Gasteiger partial charge in [0.25, 0.3) is 0 Å². The number of methoxy groups -OCH3 is 2. The van der Waals surface area contributed by atoms with Crippen LogP contribution in [0.1, 0.15) is 26.7 Å². The van der Waals surface area contributed by atoms with Crippen molar-refractivity contribution in [1.29, 1.82) is 0 Å². The number of hydrogen-bond donors (Lipinski definition) is 0. The lowest BCUT2D eigenvalue weighted by molar-refractivity contribution is -0.141. The lowest BCUT2D eigenvalue weighted by Crippen LogP contribution is -2.44. The Morgan fingerprint density at radius 2 is 1.95 bits per heavy atom. The van der Waals surface area contributed by atoms with Crippen LogP contribution in [-0.2, 0) is 9.53 Å². The molecule has 4 rings (SSSR count). The summed E-state index contributed by atoms with van der Waals surface area (Å²) in [6.07, 6.45) is -2.65. The molecular weight excluding hydrogens is 605 g/mol. The Morgan fingerprint density at radius 1 is 1.21 bits per heavy atom. The Balaban J connectivity index is 1.49. The van der Waals surface area contributed by atoms with E-state index in [9.17, 15) is 18.0 Å². The zero-order chi connectivity index (χ0) is 28.5. The number of benzene rings is 1. The first-order chi connectivity index (χ1) is 18.4. The van der Waals surface area contributed by atoms with Crippen LogP contribution in [0.4, 0.5) is 24.5 Å². The van der Waals surface area contributed by atoms with Crippen molar-refractivity contribution in [2.75, 3.05) is 37.2 Å². The largest absolute Gasteiger partial charge is 0.490 e. The highest BCUT2D eigenvalue weighted by Crippen LogP contribution is 2.41. The van der Waals surface area contributed by atoms with Crippen LogP contribution in [0.15, 0.2) is 40.0 Å². The molecular formula is C26H29BrClF3N4O4. The van der Waals surface area contributed by atoms with E-state index in [4.69, 9.17) is 25.8 Å². The molecule has 1 aromatic carbocycles. The highest BCUT2D eigenvalue weighted by molar-refractivity contribution is 9.10. The first-order valence-electron chi connectivity index (χ1n) is 12.3. The van der Waals surface area contributed by atoms with Crippen LogP contribution >= 0.6 is 27.5 Å². The highest BCUT2D eigenvalue weighted by Gasteiger charge is 2.49. The van der Waals surface area contributed by atoms with Crippen LogP contribution in [0.3, 0.4) is 0 Å². The summed E-state index contributed by atoms with van der Waals surface area (Å²) in [6.45, 7) is 4.90. The fraction of sp³-hybridized carbons (Fsp3) is 0.500. The van der Waals surface area contributed by atoms with Gasteiger partial charge in [0, 0.05) is 41.9 Å². The maximum atomic E-state index is 13.6. The molecule has 13 heteroatoms. The lowest BCUT2D eigenvalue weighted by Gasteiger charge is -2.38. The monoisotopic (exact) mass is 632 g/mol. The minimum atomic E-state index is -4.62. The maximum Gasteiger partial charge on any atom is 0.431 e. The number of rotatable bonds is 7. The van der Waals surface area contributed by atoms with Crippen molar-refractivity contribution >= 4 is 50.6 Å². The Morgan fingerprint density at radius 3 is 2.56 bits per heavy atom. The van der Waals surface area contributed by atoms with E-state index in [1.165, 1.54) is 19.0 Å². The number of aromatic nitrogens is 1. The van der Waals surface area contributed by atoms with Crippen molar-refractivity contribution < 1.29 is 32.2 Å². The number of hydrazone groups is 1. The van der Waals surface area contributed by atoms with Crippen LogP contribution in [0.2, 0.25) is 5.02 Å². The molecule has 1 aromatic heterocycles. The van der Waals surface area contributed by atoms with Gasteiger partial charge in [-0.05, 0) is 34.1 Å². The van der Waals surface area contributed by atoms with E-state index >= 15 is 0 Å². The number of alkyl halides is 3. The third-order valence-corrected chi connectivity index (χ3v) is 8.00. The Kier molecular flexibility index (Phi) is 8.85. The molecule has 4 atom stereocenters. The average molecular weight is 634 g/mol. The second-order valence-corrected chi connectivity index (χ2v) is 10.9. The summed E-state index contributed by atoms with van der Waals surface area (Å²) in [7, 11) is 2.76. The Hall–Kier alpha value is -2.73. The lowest BCUT2D eigenvalue weighted by atomic mass is 9.94. The normalized spacial score (nSPS) is 23.5. The number of piperidine rings is 1. The molecule has 0 radical (unpaired) electrons. The number of pyridine rings is 1. The SMILES string of the molecule is COC(=O)C[C@H]1[C@H](C)C(C(F)(F)F)=NN1c1ccc(O[C@@H]2CCN(c3cc(OC)ncc3Cl)C[C@H]2C)cc1Br. The molecule has 1 saturated heterocycles. The first kappa shape index (κ1) is 29.3. The van der Waals surface area contributed by atoms with Crippen LogP contribution in [0.5, 0.6) is 11.6 Å². The van der Waals surface area contributed by atoms with E-state index in [1.807, 2.05) is 6.07 Å². The van der Waals surface area contributed by atoms with Gasteiger partial charge in [-0.15, -0.1) is 0 Å². The number of anilines is 2. The summed E-state index contributed by atoms with van der Waals surface area (Å²) in [5, 5.41) is 5.65. The summed E-state index contributed by atoms with van der Waals surface area (Å²) in [6, 6.07) is 6.01. The quantitative estimate of drug-likeness (QED) is 0.341. The number of carbonyl (C=O) groups is 1. The van der Waals surface area contributed by atoms with Gasteiger partial charge in [0.2, 0.25) is 5.88 Å². The summed E-state index contributed by atoms with van der Waals surface area (Å²) < 4.78 is 57.6. The van der Waals surface area contributed by atoms with Crippen molar-refractivity contribution in [1.82, 2.24) is 4.98 Å². The molecule has 2 aromatic rings. The van der Waals surface area contributed by atoms with E-state index in [0.29, 0.717) is 39.9 Å². The van der Waals surface area contributed by atoms with E-state index in [-0.39, 0.29) is 18.4 Å². The van der Waals surface area contributed by atoms with Crippen molar-refractivity contribution in [2.24, 2.45) is 16.9 Å². The molecule has 0 aliphatic carbocycles. The van der Waals surface area contributed by atoms with Gasteiger partial charge in [0.15, 0.2) is 0 Å². The zero-order valence-corrected chi connectivity index (χ0v) is 24.2. The summed E-state index contributed by atoms with van der Waals surface area (Å²) in [5.41, 5.74) is 0.309. The van der Waals surface area contributed by atoms with Crippen LogP contribution in [0.25, 0.3) is 0 Å². The van der Waals surface area contributed by atoms with Gasteiger partial charge in [-0.3, -0.25) is 9.80 Å². The molecule has 3 heterocycles. The average Bonchev–Trinajstić information content (AvgIpc) is 3.21. The second-order valence-electron chi connectivity index (χ2n) is 9.62. The molecule has 0 bridgehead atoms. The highest BCUT2D eigenvalue weighted by atomic mass is 79.9. The zero-order valence-electron chi connectivity index (χ0n) is 21.8. The third kappa shape index (κ3) is 6.37. The molecule has 0 spiro atoms. The molecule has 1 fully saturated rings. The molecule has 0 saturated carbocycles. The topological polar surface area (TPSA) is 76.5 Å². The van der Waals surface area contributed by atoms with Gasteiger partial charge >= 0.3 is 12.1 Å².